The van der Waals surface area contributed by atoms with Crippen LogP contribution in [0.3, 0.4) is 0 Å². The van der Waals surface area contributed by atoms with Crippen LogP contribution in [0, 0.1) is 0 Å². The number of hydrogen-bond donors (Lipinski definition) is 0. The Morgan fingerprint density at radius 3 is 1.44 bits per heavy atom. The summed E-state index contributed by atoms with van der Waals surface area (Å²) in [6, 6.07) is -2.93. The first-order valence-corrected chi connectivity index (χ1v) is 3.29. The SMILES string of the molecule is FC1=C(F)N(F)C(C(F)(F)F)(C(F)(F)F)O1. The lowest BCUT2D eigenvalue weighted by Gasteiger charge is -2.34. The lowest BCUT2D eigenvalue weighted by Crippen LogP contribution is -2.63. The van der Waals surface area contributed by atoms with Gasteiger partial charge in [-0.15, -0.1) is 5.12 Å². The van der Waals surface area contributed by atoms with E-state index >= 15 is 0 Å². The molecule has 0 amide bonds. The minimum atomic E-state index is -6.43. The van der Waals surface area contributed by atoms with E-state index in [1.807, 2.05) is 0 Å². The van der Waals surface area contributed by atoms with Crippen molar-refractivity contribution in [2.45, 2.75) is 18.1 Å². The van der Waals surface area contributed by atoms with Crippen LogP contribution in [0.15, 0.2) is 12.0 Å². The topological polar surface area (TPSA) is 12.5 Å². The molecule has 1 heterocycles. The fraction of sp³-hybridized carbons (Fsp3) is 0.600. The van der Waals surface area contributed by atoms with Crippen LogP contribution in [0.1, 0.15) is 0 Å². The van der Waals surface area contributed by atoms with Gasteiger partial charge in [-0.2, -0.15) is 35.1 Å². The maximum atomic E-state index is 12.5. The second kappa shape index (κ2) is 3.10. The van der Waals surface area contributed by atoms with E-state index in [0.29, 0.717) is 0 Å². The van der Waals surface area contributed by atoms with Crippen LogP contribution in [-0.2, 0) is 4.74 Å². The number of ether oxygens (including phenoxy) is 1. The molecule has 0 unspecified atom stereocenters. The lowest BCUT2D eigenvalue weighted by molar-refractivity contribution is -0.430. The first kappa shape index (κ1) is 12.8. The molecule has 0 aliphatic carbocycles. The van der Waals surface area contributed by atoms with Gasteiger partial charge in [-0.05, 0) is 0 Å². The molecular weight excluding hydrogens is 261 g/mol. The predicted octanol–water partition coefficient (Wildman–Crippen LogP) is 3.09. The van der Waals surface area contributed by atoms with E-state index < -0.39 is 35.2 Å². The van der Waals surface area contributed by atoms with Gasteiger partial charge in [0.15, 0.2) is 0 Å². The van der Waals surface area contributed by atoms with E-state index in [1.54, 1.807) is 0 Å². The quantitative estimate of drug-likeness (QED) is 0.377. The number of halogens is 9. The van der Waals surface area contributed by atoms with Crippen molar-refractivity contribution in [3.8, 4) is 0 Å². The van der Waals surface area contributed by atoms with Gasteiger partial charge in [0.05, 0.1) is 0 Å². The monoisotopic (exact) mass is 261 g/mol. The minimum Gasteiger partial charge on any atom is -0.421 e. The highest BCUT2D eigenvalue weighted by Crippen LogP contribution is 2.54. The van der Waals surface area contributed by atoms with E-state index in [2.05, 4.69) is 4.74 Å². The van der Waals surface area contributed by atoms with Gasteiger partial charge in [-0.25, -0.2) is 0 Å². The van der Waals surface area contributed by atoms with E-state index in [9.17, 15) is 39.6 Å². The number of alkyl halides is 6. The van der Waals surface area contributed by atoms with Gasteiger partial charge < -0.3 is 4.74 Å². The fourth-order valence-corrected chi connectivity index (χ4v) is 0.926. The number of nitrogens with zero attached hydrogens (tertiary/aromatic N) is 1. The Labute approximate surface area is 80.8 Å². The molecule has 0 aromatic carbocycles. The maximum Gasteiger partial charge on any atom is 0.461 e. The Morgan fingerprint density at radius 1 is 0.938 bits per heavy atom. The Kier molecular flexibility index (Phi) is 2.48. The van der Waals surface area contributed by atoms with Crippen LogP contribution in [0.2, 0.25) is 0 Å². The molecule has 1 aliphatic rings. The summed E-state index contributed by atoms with van der Waals surface area (Å²) in [5.41, 5.74) is -5.69. The molecule has 0 saturated heterocycles. The van der Waals surface area contributed by atoms with Gasteiger partial charge in [0, 0.05) is 0 Å². The second-order valence-electron chi connectivity index (χ2n) is 2.59. The van der Waals surface area contributed by atoms with Crippen molar-refractivity contribution in [2.75, 3.05) is 0 Å². The molecule has 0 atom stereocenters. The molecule has 0 aromatic rings. The summed E-state index contributed by atoms with van der Waals surface area (Å²) in [5, 5.41) is -2.48. The van der Waals surface area contributed by atoms with Crippen molar-refractivity contribution >= 4 is 0 Å². The van der Waals surface area contributed by atoms with Crippen molar-refractivity contribution in [3.63, 3.8) is 0 Å². The van der Waals surface area contributed by atoms with Crippen LogP contribution in [0.5, 0.6) is 0 Å². The number of rotatable bonds is 0. The second-order valence-corrected chi connectivity index (χ2v) is 2.59. The highest BCUT2D eigenvalue weighted by atomic mass is 19.4. The maximum absolute atomic E-state index is 12.5. The third kappa shape index (κ3) is 1.37. The molecule has 0 fully saturated rings. The zero-order chi connectivity index (χ0) is 12.9. The van der Waals surface area contributed by atoms with Gasteiger partial charge in [-0.3, -0.25) is 0 Å². The average Bonchev–Trinajstić information content (AvgIpc) is 2.27. The molecule has 0 spiro atoms. The molecule has 0 saturated carbocycles. The largest absolute Gasteiger partial charge is 0.461 e. The summed E-state index contributed by atoms with van der Waals surface area (Å²) in [7, 11) is 0. The van der Waals surface area contributed by atoms with E-state index in [-0.39, 0.29) is 0 Å². The molecule has 16 heavy (non-hydrogen) atoms. The summed E-state index contributed by atoms with van der Waals surface area (Å²) in [4.78, 5) is 0. The van der Waals surface area contributed by atoms with Gasteiger partial charge in [0.1, 0.15) is 0 Å². The standard InChI is InChI=1S/C5F9NO/c6-1-2(7)16-3(15(1)14,4(8,9)10)5(11,12)13. The van der Waals surface area contributed by atoms with Crippen molar-refractivity contribution in [3.05, 3.63) is 12.0 Å². The van der Waals surface area contributed by atoms with Crippen molar-refractivity contribution in [1.82, 2.24) is 5.12 Å². The summed E-state index contributed by atoms with van der Waals surface area (Å²) in [5.74, 6) is -3.03. The van der Waals surface area contributed by atoms with Crippen LogP contribution >= 0.6 is 0 Å². The third-order valence-electron chi connectivity index (χ3n) is 1.62. The average molecular weight is 261 g/mol. The van der Waals surface area contributed by atoms with Crippen LogP contribution in [-0.4, -0.2) is 23.2 Å². The zero-order valence-corrected chi connectivity index (χ0v) is 6.76. The third-order valence-corrected chi connectivity index (χ3v) is 1.62. The molecule has 0 N–H and O–H groups in total. The van der Waals surface area contributed by atoms with Gasteiger partial charge in [-0.1, -0.05) is 4.48 Å². The van der Waals surface area contributed by atoms with E-state index in [0.717, 1.165) is 0 Å². The first-order valence-electron chi connectivity index (χ1n) is 3.29. The van der Waals surface area contributed by atoms with Crippen molar-refractivity contribution in [2.24, 2.45) is 0 Å². The Balaban J connectivity index is 3.34. The van der Waals surface area contributed by atoms with Crippen LogP contribution in [0.25, 0.3) is 0 Å². The molecular formula is C5F9NO. The molecule has 94 valence electrons. The molecule has 1 rings (SSSR count). The highest BCUT2D eigenvalue weighted by molar-refractivity contribution is 5.10. The summed E-state index contributed by atoms with van der Waals surface area (Å²) in [6.07, 6.45) is -12.9. The zero-order valence-electron chi connectivity index (χ0n) is 6.76. The van der Waals surface area contributed by atoms with E-state index in [4.69, 9.17) is 0 Å². The fourth-order valence-electron chi connectivity index (χ4n) is 0.926. The van der Waals surface area contributed by atoms with Gasteiger partial charge >= 0.3 is 24.1 Å². The van der Waals surface area contributed by atoms with Crippen LogP contribution < -0.4 is 0 Å². The van der Waals surface area contributed by atoms with Gasteiger partial charge in [0.25, 0.3) is 5.95 Å². The Hall–Kier alpha value is -1.29. The smallest absolute Gasteiger partial charge is 0.421 e. The molecule has 2 nitrogen and oxygen atoms in total. The molecule has 0 aromatic heterocycles. The minimum absolute atomic E-state index is 2.48. The first-order chi connectivity index (χ1) is 6.95. The Morgan fingerprint density at radius 2 is 1.31 bits per heavy atom. The molecule has 1 aliphatic heterocycles. The molecule has 0 radical (unpaired) electrons. The van der Waals surface area contributed by atoms with Crippen molar-refractivity contribution < 1.29 is 44.3 Å². The highest BCUT2D eigenvalue weighted by Gasteiger charge is 2.82. The van der Waals surface area contributed by atoms with Gasteiger partial charge in [0.2, 0.25) is 0 Å². The van der Waals surface area contributed by atoms with E-state index in [1.165, 1.54) is 0 Å². The lowest BCUT2D eigenvalue weighted by atomic mass is 10.2. The van der Waals surface area contributed by atoms with Crippen molar-refractivity contribution in [1.29, 1.82) is 0 Å². The predicted molar refractivity (Wildman–Crippen MR) is 28.1 cm³/mol. The Bertz CT molecular complexity index is 314. The van der Waals surface area contributed by atoms with Crippen LogP contribution in [0.4, 0.5) is 39.6 Å². The normalized spacial score (nSPS) is 21.4. The molecule has 11 heteroatoms. The summed E-state index contributed by atoms with van der Waals surface area (Å²) >= 11 is 0. The molecule has 0 bridgehead atoms. The summed E-state index contributed by atoms with van der Waals surface area (Å²) in [6.45, 7) is 0. The number of hydrogen-bond acceptors (Lipinski definition) is 2. The summed E-state index contributed by atoms with van der Waals surface area (Å²) < 4.78 is 112.